The van der Waals surface area contributed by atoms with Crippen LogP contribution in [0, 0.1) is 0 Å². The van der Waals surface area contributed by atoms with E-state index in [9.17, 15) is 19.8 Å². The van der Waals surface area contributed by atoms with Crippen molar-refractivity contribution in [1.82, 2.24) is 5.32 Å². The maximum Gasteiger partial charge on any atom is 0.305 e. The molecule has 454 valence electrons. The van der Waals surface area contributed by atoms with Gasteiger partial charge in [0.2, 0.25) is 5.91 Å². The van der Waals surface area contributed by atoms with E-state index in [1.165, 1.54) is 302 Å². The first-order valence-corrected chi connectivity index (χ1v) is 34.8. The second kappa shape index (κ2) is 66.6. The van der Waals surface area contributed by atoms with Crippen molar-refractivity contribution < 1.29 is 24.5 Å². The van der Waals surface area contributed by atoms with Crippen LogP contribution >= 0.6 is 0 Å². The molecule has 0 aliphatic carbocycles. The highest BCUT2D eigenvalue weighted by molar-refractivity contribution is 5.76. The van der Waals surface area contributed by atoms with E-state index < -0.39 is 12.1 Å². The van der Waals surface area contributed by atoms with E-state index in [1.54, 1.807) is 6.08 Å². The zero-order valence-corrected chi connectivity index (χ0v) is 52.0. The largest absolute Gasteiger partial charge is 0.466 e. The van der Waals surface area contributed by atoms with Gasteiger partial charge in [-0.1, -0.05) is 339 Å². The molecule has 77 heavy (non-hydrogen) atoms. The lowest BCUT2D eigenvalue weighted by atomic mass is 10.0. The predicted octanol–water partition coefficient (Wildman–Crippen LogP) is 22.3. The fourth-order valence-corrected chi connectivity index (χ4v) is 10.8. The van der Waals surface area contributed by atoms with Gasteiger partial charge in [0, 0.05) is 12.8 Å². The van der Waals surface area contributed by atoms with Crippen molar-refractivity contribution in [3.63, 3.8) is 0 Å². The highest BCUT2D eigenvalue weighted by atomic mass is 16.5. The van der Waals surface area contributed by atoms with E-state index in [-0.39, 0.29) is 18.5 Å². The molecule has 1 amide bonds. The quantitative estimate of drug-likeness (QED) is 0.0320. The molecule has 0 spiro atoms. The number of carbonyl (C=O) groups is 2. The van der Waals surface area contributed by atoms with E-state index in [2.05, 4.69) is 43.5 Å². The molecule has 3 N–H and O–H groups in total. The smallest absolute Gasteiger partial charge is 0.305 e. The first-order chi connectivity index (χ1) is 38.0. The molecule has 2 unspecified atom stereocenters. The van der Waals surface area contributed by atoms with Crippen LogP contribution in [-0.4, -0.2) is 47.4 Å². The second-order valence-corrected chi connectivity index (χ2v) is 23.9. The SMILES string of the molecule is CCCCC/C=C\C/C=C\CCCCCCCC(=O)OCCCCCCCCCCCCCCCCCCCCCCCCCCCCCCC(=O)NC(CO)C(O)/C=C/CCCCCCCCCCCCCCCCC. The number of aliphatic hydroxyl groups is 2. The number of ether oxygens (including phenoxy) is 1. The summed E-state index contributed by atoms with van der Waals surface area (Å²) in [4.78, 5) is 24.6. The molecule has 0 aliphatic rings. The van der Waals surface area contributed by atoms with Crippen LogP contribution in [0.15, 0.2) is 36.5 Å². The van der Waals surface area contributed by atoms with Crippen molar-refractivity contribution in [2.24, 2.45) is 0 Å². The van der Waals surface area contributed by atoms with E-state index in [4.69, 9.17) is 4.74 Å². The minimum atomic E-state index is -0.843. The number of allylic oxidation sites excluding steroid dienone is 5. The van der Waals surface area contributed by atoms with Gasteiger partial charge in [-0.2, -0.15) is 0 Å². The number of aliphatic hydroxyl groups excluding tert-OH is 2. The van der Waals surface area contributed by atoms with Crippen LogP contribution in [0.4, 0.5) is 0 Å². The number of esters is 1. The van der Waals surface area contributed by atoms with Gasteiger partial charge in [-0.15, -0.1) is 0 Å². The number of hydrogen-bond acceptors (Lipinski definition) is 5. The molecule has 0 heterocycles. The maximum absolute atomic E-state index is 12.5. The molecule has 0 aromatic carbocycles. The molecular formula is C71H135NO5. The predicted molar refractivity (Wildman–Crippen MR) is 338 cm³/mol. The third-order valence-corrected chi connectivity index (χ3v) is 16.2. The molecule has 2 atom stereocenters. The summed E-state index contributed by atoms with van der Waals surface area (Å²) in [6, 6.07) is -0.626. The molecule has 6 nitrogen and oxygen atoms in total. The Morgan fingerprint density at radius 1 is 0.364 bits per heavy atom. The molecule has 0 aliphatic heterocycles. The molecule has 0 aromatic rings. The standard InChI is InChI=1S/C71H135NO5/c1-3-5-7-9-11-13-15-17-19-32-36-39-43-47-51-55-59-63-69(74)68(67-73)72-70(75)64-60-56-52-48-44-40-37-33-30-28-26-24-22-20-21-23-25-27-29-31-34-38-42-46-50-54-58-62-66-77-71(76)65-61-57-53-49-45-41-35-18-16-14-12-10-8-6-4-2/h12,14,18,35,59,63,68-69,73-74H,3-11,13,15-17,19-34,36-58,60-62,64-67H2,1-2H3,(H,72,75)/b14-12-,35-18-,63-59+. The summed E-state index contributed by atoms with van der Waals surface area (Å²) < 4.78 is 5.49. The van der Waals surface area contributed by atoms with E-state index in [0.717, 1.165) is 51.4 Å². The number of carbonyl (C=O) groups excluding carboxylic acids is 2. The number of rotatable bonds is 65. The summed E-state index contributed by atoms with van der Waals surface area (Å²) in [6.45, 7) is 4.90. The molecule has 0 rings (SSSR count). The summed E-state index contributed by atoms with van der Waals surface area (Å²) in [5.74, 6) is -0.0575. The van der Waals surface area contributed by atoms with Gasteiger partial charge in [-0.05, 0) is 64.2 Å². The van der Waals surface area contributed by atoms with E-state index >= 15 is 0 Å². The Morgan fingerprint density at radius 2 is 0.649 bits per heavy atom. The zero-order chi connectivity index (χ0) is 55.7. The summed E-state index contributed by atoms with van der Waals surface area (Å²) in [6.07, 6.45) is 85.0. The van der Waals surface area contributed by atoms with Gasteiger partial charge in [0.15, 0.2) is 0 Å². The van der Waals surface area contributed by atoms with Crippen LogP contribution in [0.25, 0.3) is 0 Å². The zero-order valence-electron chi connectivity index (χ0n) is 52.0. The van der Waals surface area contributed by atoms with Gasteiger partial charge in [0.1, 0.15) is 0 Å². The normalized spacial score (nSPS) is 12.7. The van der Waals surface area contributed by atoms with Crippen molar-refractivity contribution in [3.05, 3.63) is 36.5 Å². The van der Waals surface area contributed by atoms with Crippen molar-refractivity contribution in [1.29, 1.82) is 0 Å². The molecule has 0 radical (unpaired) electrons. The van der Waals surface area contributed by atoms with Crippen LogP contribution in [0.1, 0.15) is 380 Å². The van der Waals surface area contributed by atoms with Gasteiger partial charge in [0.05, 0.1) is 25.4 Å². The molecule has 0 aromatic heterocycles. The summed E-state index contributed by atoms with van der Waals surface area (Å²) >= 11 is 0. The molecule has 0 fully saturated rings. The first kappa shape index (κ1) is 75.1. The number of hydrogen-bond donors (Lipinski definition) is 3. The minimum absolute atomic E-state index is 0.00471. The lowest BCUT2D eigenvalue weighted by Gasteiger charge is -2.20. The third kappa shape index (κ3) is 63.1. The molecule has 0 bridgehead atoms. The van der Waals surface area contributed by atoms with Crippen LogP contribution in [0.3, 0.4) is 0 Å². The lowest BCUT2D eigenvalue weighted by molar-refractivity contribution is -0.143. The highest BCUT2D eigenvalue weighted by Crippen LogP contribution is 2.19. The fourth-order valence-electron chi connectivity index (χ4n) is 10.8. The third-order valence-electron chi connectivity index (χ3n) is 16.2. The van der Waals surface area contributed by atoms with Gasteiger partial charge >= 0.3 is 5.97 Å². The van der Waals surface area contributed by atoms with Crippen molar-refractivity contribution in [3.8, 4) is 0 Å². The van der Waals surface area contributed by atoms with Crippen molar-refractivity contribution in [2.75, 3.05) is 13.2 Å². The van der Waals surface area contributed by atoms with Gasteiger partial charge < -0.3 is 20.3 Å². The van der Waals surface area contributed by atoms with Crippen molar-refractivity contribution in [2.45, 2.75) is 392 Å². The highest BCUT2D eigenvalue weighted by Gasteiger charge is 2.18. The molecule has 6 heteroatoms. The Kier molecular flexibility index (Phi) is 64.9. The van der Waals surface area contributed by atoms with Crippen LogP contribution in [0.5, 0.6) is 0 Å². The Morgan fingerprint density at radius 3 is 1.01 bits per heavy atom. The van der Waals surface area contributed by atoms with Crippen LogP contribution in [0.2, 0.25) is 0 Å². The van der Waals surface area contributed by atoms with Crippen molar-refractivity contribution >= 4 is 11.9 Å². The molecular weight excluding hydrogens is 947 g/mol. The summed E-state index contributed by atoms with van der Waals surface area (Å²) in [5.41, 5.74) is 0. The van der Waals surface area contributed by atoms with Crippen LogP contribution in [-0.2, 0) is 14.3 Å². The van der Waals surface area contributed by atoms with E-state index in [0.29, 0.717) is 19.4 Å². The maximum atomic E-state index is 12.5. The lowest BCUT2D eigenvalue weighted by Crippen LogP contribution is -2.45. The van der Waals surface area contributed by atoms with Gasteiger partial charge in [-0.25, -0.2) is 0 Å². The number of amides is 1. The summed E-state index contributed by atoms with van der Waals surface area (Å²) in [7, 11) is 0. The second-order valence-electron chi connectivity index (χ2n) is 23.9. The number of nitrogens with one attached hydrogen (secondary N) is 1. The minimum Gasteiger partial charge on any atom is -0.466 e. The summed E-state index contributed by atoms with van der Waals surface area (Å²) in [5, 5.41) is 23.2. The average Bonchev–Trinajstić information content (AvgIpc) is 3.43. The Balaban J connectivity index is 3.37. The monoisotopic (exact) mass is 1080 g/mol. The Hall–Kier alpha value is -1.92. The van der Waals surface area contributed by atoms with Crippen LogP contribution < -0.4 is 5.32 Å². The average molecular weight is 1080 g/mol. The fraction of sp³-hybridized carbons (Fsp3) is 0.887. The first-order valence-electron chi connectivity index (χ1n) is 34.8. The van der Waals surface area contributed by atoms with Gasteiger partial charge in [-0.3, -0.25) is 9.59 Å². The topological polar surface area (TPSA) is 95.9 Å². The van der Waals surface area contributed by atoms with Gasteiger partial charge in [0.25, 0.3) is 0 Å². The molecule has 0 saturated carbocycles. The van der Waals surface area contributed by atoms with E-state index in [1.807, 2.05) is 6.08 Å². The number of unbranched alkanes of at least 4 members (excludes halogenated alkanes) is 50. The Bertz CT molecular complexity index is 1250. The Labute approximate surface area is 481 Å². The molecule has 0 saturated heterocycles.